The van der Waals surface area contributed by atoms with Crippen LogP contribution >= 0.6 is 0 Å². The van der Waals surface area contributed by atoms with Crippen molar-refractivity contribution in [3.05, 3.63) is 105 Å². The first-order valence-electron chi connectivity index (χ1n) is 13.5. The maximum Gasteiger partial charge on any atom is 0.490 e. The van der Waals surface area contributed by atoms with Crippen molar-refractivity contribution in [3.8, 4) is 0 Å². The van der Waals surface area contributed by atoms with Crippen LogP contribution in [0.3, 0.4) is 0 Å². The lowest BCUT2D eigenvalue weighted by Crippen LogP contribution is -2.28. The van der Waals surface area contributed by atoms with E-state index in [1.54, 1.807) is 30.3 Å². The van der Waals surface area contributed by atoms with E-state index in [9.17, 15) is 27.9 Å². The first-order valence-corrected chi connectivity index (χ1v) is 13.5. The number of nitrogens with one attached hydrogen (secondary N) is 1. The minimum atomic E-state index is -5.08. The van der Waals surface area contributed by atoms with Crippen molar-refractivity contribution in [3.63, 3.8) is 0 Å². The highest BCUT2D eigenvalue weighted by atomic mass is 19.4. The van der Waals surface area contributed by atoms with E-state index in [1.807, 2.05) is 32.0 Å². The van der Waals surface area contributed by atoms with Crippen LogP contribution in [-0.4, -0.2) is 41.4 Å². The van der Waals surface area contributed by atoms with E-state index in [1.165, 1.54) is 5.56 Å². The van der Waals surface area contributed by atoms with Crippen LogP contribution in [0.2, 0.25) is 0 Å². The molecule has 1 saturated heterocycles. The van der Waals surface area contributed by atoms with Crippen LogP contribution in [0.4, 0.5) is 24.7 Å². The molecule has 0 spiro atoms. The number of para-hydroxylation sites is 1. The lowest BCUT2D eigenvalue weighted by Gasteiger charge is -2.26. The molecule has 1 aliphatic rings. The van der Waals surface area contributed by atoms with Gasteiger partial charge in [0, 0.05) is 35.8 Å². The third kappa shape index (κ3) is 6.99. The number of aromatic carboxylic acids is 1. The van der Waals surface area contributed by atoms with Crippen LogP contribution in [-0.2, 0) is 10.2 Å². The Kier molecular flexibility index (Phi) is 8.84. The van der Waals surface area contributed by atoms with Crippen molar-refractivity contribution in [2.24, 2.45) is 0 Å². The van der Waals surface area contributed by atoms with Gasteiger partial charge in [-0.05, 0) is 49.6 Å². The van der Waals surface area contributed by atoms with E-state index < -0.39 is 18.1 Å². The molecular formula is C32H31F3N2O6. The van der Waals surface area contributed by atoms with E-state index in [4.69, 9.17) is 14.3 Å². The topological polar surface area (TPSA) is 120 Å². The Morgan fingerprint density at radius 3 is 2.28 bits per heavy atom. The zero-order valence-corrected chi connectivity index (χ0v) is 23.7. The summed E-state index contributed by atoms with van der Waals surface area (Å²) in [6.07, 6.45) is -4.12. The van der Waals surface area contributed by atoms with Gasteiger partial charge in [0.15, 0.2) is 11.3 Å². The van der Waals surface area contributed by atoms with Gasteiger partial charge >= 0.3 is 18.1 Å². The van der Waals surface area contributed by atoms with Gasteiger partial charge in [-0.1, -0.05) is 55.5 Å². The average Bonchev–Trinajstić information content (AvgIpc) is 3.36. The Hall–Kier alpha value is -4.80. The average molecular weight is 597 g/mol. The van der Waals surface area contributed by atoms with Crippen molar-refractivity contribution in [2.75, 3.05) is 23.3 Å². The van der Waals surface area contributed by atoms with Crippen molar-refractivity contribution >= 4 is 34.5 Å². The molecule has 1 fully saturated rings. The predicted molar refractivity (Wildman–Crippen MR) is 157 cm³/mol. The summed E-state index contributed by atoms with van der Waals surface area (Å²) >= 11 is 0. The summed E-state index contributed by atoms with van der Waals surface area (Å²) in [7, 11) is 0. The van der Waals surface area contributed by atoms with Crippen LogP contribution in [0, 0.1) is 6.92 Å². The van der Waals surface area contributed by atoms with Crippen LogP contribution in [0.25, 0.3) is 11.0 Å². The molecule has 2 unspecified atom stereocenters. The number of nitrogens with zero attached hydrogens (tertiary/aromatic N) is 1. The quantitative estimate of drug-likeness (QED) is 0.223. The van der Waals surface area contributed by atoms with E-state index in [-0.39, 0.29) is 22.4 Å². The molecule has 11 heteroatoms. The van der Waals surface area contributed by atoms with Gasteiger partial charge in [0.25, 0.3) is 0 Å². The Morgan fingerprint density at radius 2 is 1.65 bits per heavy atom. The maximum absolute atomic E-state index is 13.2. The van der Waals surface area contributed by atoms with Gasteiger partial charge in [-0.15, -0.1) is 0 Å². The minimum absolute atomic E-state index is 0.0275. The van der Waals surface area contributed by atoms with Gasteiger partial charge < -0.3 is 24.8 Å². The number of alkyl halides is 3. The molecule has 8 nitrogen and oxygen atoms in total. The summed E-state index contributed by atoms with van der Waals surface area (Å²) in [5.41, 5.74) is 4.17. The van der Waals surface area contributed by atoms with E-state index in [0.717, 1.165) is 30.6 Å². The fourth-order valence-corrected chi connectivity index (χ4v) is 5.23. The van der Waals surface area contributed by atoms with Gasteiger partial charge in [0.2, 0.25) is 0 Å². The van der Waals surface area contributed by atoms with E-state index in [2.05, 4.69) is 41.4 Å². The van der Waals surface area contributed by atoms with E-state index >= 15 is 0 Å². The molecule has 5 rings (SSSR count). The molecule has 0 amide bonds. The number of carboxylic acids is 2. The number of hydrogen-bond acceptors (Lipinski definition) is 6. The molecule has 1 aromatic heterocycles. The van der Waals surface area contributed by atoms with Gasteiger partial charge in [-0.25, -0.2) is 9.59 Å². The molecule has 2 atom stereocenters. The molecular weight excluding hydrogens is 565 g/mol. The van der Waals surface area contributed by atoms with Gasteiger partial charge in [-0.3, -0.25) is 4.79 Å². The number of aliphatic carboxylic acids is 1. The van der Waals surface area contributed by atoms with Crippen molar-refractivity contribution < 1.29 is 37.4 Å². The summed E-state index contributed by atoms with van der Waals surface area (Å²) < 4.78 is 38.2. The second-order valence-corrected chi connectivity index (χ2v) is 10.8. The molecule has 3 N–H and O–H groups in total. The summed E-state index contributed by atoms with van der Waals surface area (Å²) in [4.78, 5) is 36.0. The number of rotatable bonds is 6. The highest BCUT2D eigenvalue weighted by molar-refractivity contribution is 5.94. The third-order valence-electron chi connectivity index (χ3n) is 7.48. The van der Waals surface area contributed by atoms with Crippen LogP contribution < -0.4 is 15.6 Å². The number of aryl methyl sites for hydroxylation is 1. The summed E-state index contributed by atoms with van der Waals surface area (Å²) in [6, 6.07) is 22.4. The first kappa shape index (κ1) is 31.1. The minimum Gasteiger partial charge on any atom is -0.478 e. The molecule has 0 bridgehead atoms. The molecule has 2 heterocycles. The monoisotopic (exact) mass is 596 g/mol. The first-order chi connectivity index (χ1) is 20.2. The van der Waals surface area contributed by atoms with Crippen molar-refractivity contribution in [2.45, 2.75) is 44.8 Å². The van der Waals surface area contributed by atoms with Crippen LogP contribution in [0.5, 0.6) is 0 Å². The number of benzene rings is 3. The molecule has 1 aliphatic heterocycles. The summed E-state index contributed by atoms with van der Waals surface area (Å²) in [6.45, 7) is 7.69. The van der Waals surface area contributed by atoms with E-state index in [0.29, 0.717) is 22.5 Å². The number of anilines is 2. The molecule has 43 heavy (non-hydrogen) atoms. The normalized spacial score (nSPS) is 17.2. The largest absolute Gasteiger partial charge is 0.490 e. The van der Waals surface area contributed by atoms with Crippen molar-refractivity contribution in [1.29, 1.82) is 0 Å². The summed E-state index contributed by atoms with van der Waals surface area (Å²) in [5, 5.41) is 20.5. The lowest BCUT2D eigenvalue weighted by atomic mass is 9.82. The van der Waals surface area contributed by atoms with Crippen LogP contribution in [0.15, 0.2) is 82.0 Å². The fraction of sp³-hybridized carbons (Fsp3) is 0.281. The Bertz CT molecular complexity index is 1700. The smallest absolute Gasteiger partial charge is 0.478 e. The highest BCUT2D eigenvalue weighted by Gasteiger charge is 2.38. The Morgan fingerprint density at radius 1 is 1.02 bits per heavy atom. The molecule has 0 aliphatic carbocycles. The van der Waals surface area contributed by atoms with Crippen LogP contribution in [0.1, 0.15) is 53.4 Å². The SMILES string of the molecule is Cc1cc(C(C)Nc2ccccc2C(=O)O)c2oc(N3CCC(C)(c4ccccc4)C3)cc(=O)c2c1.O=C(O)C(F)(F)F. The second-order valence-electron chi connectivity index (χ2n) is 10.8. The zero-order chi connectivity index (χ0) is 31.5. The highest BCUT2D eigenvalue weighted by Crippen LogP contribution is 2.38. The zero-order valence-electron chi connectivity index (χ0n) is 23.7. The standard InChI is InChI=1S/C30H30N2O4.C2HF3O2/c1-19-15-23(20(2)31-25-12-8-7-11-22(25)29(34)35)28-24(16-19)26(33)17-27(36-28)32-14-13-30(3,18-32)21-9-5-4-6-10-21;3-2(4,5)1(6)7/h4-12,15-17,20,31H,13-14,18H2,1-3H3,(H,34,35);(H,6,7). The molecule has 226 valence electrons. The number of halogens is 3. The van der Waals surface area contributed by atoms with Crippen molar-refractivity contribution in [1.82, 2.24) is 0 Å². The third-order valence-corrected chi connectivity index (χ3v) is 7.48. The molecule has 0 saturated carbocycles. The fourth-order valence-electron chi connectivity index (χ4n) is 5.23. The summed E-state index contributed by atoms with van der Waals surface area (Å²) in [5.74, 6) is -3.19. The van der Waals surface area contributed by atoms with Gasteiger partial charge in [0.05, 0.1) is 17.0 Å². The Balaban J connectivity index is 0.000000541. The number of carboxylic acid groups (broad SMARTS) is 2. The number of hydrogen-bond donors (Lipinski definition) is 3. The number of fused-ring (bicyclic) bond motifs is 1. The molecule has 0 radical (unpaired) electrons. The number of carbonyl (C=O) groups is 2. The lowest BCUT2D eigenvalue weighted by molar-refractivity contribution is -0.192. The maximum atomic E-state index is 13.2. The predicted octanol–water partition coefficient (Wildman–Crippen LogP) is 6.77. The van der Waals surface area contributed by atoms with Gasteiger partial charge in [-0.2, -0.15) is 13.2 Å². The molecule has 4 aromatic rings. The Labute approximate surface area is 245 Å². The van der Waals surface area contributed by atoms with Gasteiger partial charge in [0.1, 0.15) is 5.58 Å². The molecule has 3 aromatic carbocycles. The second kappa shape index (κ2) is 12.2.